The maximum atomic E-state index is 15.3. The van der Waals surface area contributed by atoms with Crippen molar-refractivity contribution in [2.45, 2.75) is 88.8 Å². The molecule has 0 radical (unpaired) electrons. The lowest BCUT2D eigenvalue weighted by Gasteiger charge is -2.44. The Labute approximate surface area is 290 Å². The van der Waals surface area contributed by atoms with E-state index < -0.39 is 14.1 Å². The third kappa shape index (κ3) is 6.12. The minimum absolute atomic E-state index is 0.0777. The molecule has 10 heteroatoms. The molecule has 3 saturated heterocycles. The van der Waals surface area contributed by atoms with Crippen LogP contribution < -0.4 is 20.0 Å². The van der Waals surface area contributed by atoms with Gasteiger partial charge in [-0.2, -0.15) is 9.97 Å². The molecule has 0 N–H and O–H groups in total. The lowest BCUT2D eigenvalue weighted by molar-refractivity contribution is 0.0670. The van der Waals surface area contributed by atoms with Crippen LogP contribution >= 0.6 is 11.6 Å². The van der Waals surface area contributed by atoms with Gasteiger partial charge in [0.05, 0.1) is 17.5 Å². The van der Waals surface area contributed by atoms with E-state index in [9.17, 15) is 0 Å². The highest BCUT2D eigenvalue weighted by molar-refractivity contribution is 6.99. The molecular weight excluding hydrogens is 641 g/mol. The highest BCUT2D eigenvalue weighted by Gasteiger charge is 2.53. The van der Waals surface area contributed by atoms with Crippen molar-refractivity contribution < 1.29 is 13.6 Å². The van der Waals surface area contributed by atoms with Gasteiger partial charge >= 0.3 is 6.01 Å². The van der Waals surface area contributed by atoms with E-state index in [1.54, 1.807) is 6.20 Å². The average Bonchev–Trinajstić information content (AvgIpc) is 3.53. The van der Waals surface area contributed by atoms with E-state index in [-0.39, 0.29) is 33.3 Å². The van der Waals surface area contributed by atoms with E-state index >= 15 is 4.39 Å². The minimum Gasteiger partial charge on any atom is -0.461 e. The Morgan fingerprint density at radius 1 is 0.896 bits per heavy atom. The Morgan fingerprint density at radius 3 is 2.21 bits per heavy atom. The summed E-state index contributed by atoms with van der Waals surface area (Å²) in [6.07, 6.45) is 10.3. The summed E-state index contributed by atoms with van der Waals surface area (Å²) in [7, 11) is -2.65. The Hall–Kier alpha value is -3.11. The first-order chi connectivity index (χ1) is 23.2. The standard InChI is InChI=1S/C38H47ClFN5O2Si/c1-37(2,3)48(29-15-8-6-9-16-29,30-17-10-7-11-18-30)47-26-28-19-21-38(20-14-24-45(28)38)27-46-36-42-33-31(25-41-34(39)32(33)40)35(43-36)44-22-12-4-5-13-23-44/h6-11,15-18,25,28H,4-5,12-14,19-24,26-27H2,1-3H3/t28-,38-/m0/s1. The van der Waals surface area contributed by atoms with Crippen molar-refractivity contribution >= 4 is 47.0 Å². The maximum Gasteiger partial charge on any atom is 0.319 e. The van der Waals surface area contributed by atoms with Crippen molar-refractivity contribution in [2.75, 3.05) is 37.7 Å². The SMILES string of the molecule is CC(C)(C)[Si](OC[C@@H]1CC[C@]2(COc3nc(N4CCCCCC4)c4cnc(Cl)c(F)c4n3)CCCN12)(c1ccccc1)c1ccccc1. The molecule has 4 aromatic rings. The maximum absolute atomic E-state index is 15.3. The van der Waals surface area contributed by atoms with Gasteiger partial charge in [0.25, 0.3) is 8.32 Å². The molecule has 0 unspecified atom stereocenters. The molecule has 7 rings (SSSR count). The van der Waals surface area contributed by atoms with E-state index in [0.29, 0.717) is 24.4 Å². The number of rotatable bonds is 9. The Morgan fingerprint density at radius 2 is 1.56 bits per heavy atom. The molecule has 48 heavy (non-hydrogen) atoms. The highest BCUT2D eigenvalue weighted by Crippen LogP contribution is 2.44. The molecule has 254 valence electrons. The van der Waals surface area contributed by atoms with Crippen LogP contribution in [0.1, 0.15) is 72.1 Å². The Kier molecular flexibility index (Phi) is 9.50. The molecule has 2 atom stereocenters. The lowest BCUT2D eigenvalue weighted by atomic mass is 9.95. The molecule has 0 amide bonds. The second-order valence-corrected chi connectivity index (χ2v) is 19.5. The van der Waals surface area contributed by atoms with E-state index in [1.807, 2.05) is 0 Å². The first-order valence-electron chi connectivity index (χ1n) is 17.6. The molecule has 7 nitrogen and oxygen atoms in total. The minimum atomic E-state index is -2.65. The fraction of sp³-hybridized carbons (Fsp3) is 0.500. The van der Waals surface area contributed by atoms with Crippen molar-refractivity contribution in [3.8, 4) is 6.01 Å². The molecule has 0 saturated carbocycles. The zero-order valence-electron chi connectivity index (χ0n) is 28.4. The van der Waals surface area contributed by atoms with Crippen molar-refractivity contribution in [1.82, 2.24) is 19.9 Å². The number of nitrogens with zero attached hydrogens (tertiary/aromatic N) is 5. The van der Waals surface area contributed by atoms with E-state index in [1.165, 1.54) is 23.2 Å². The number of hydrogen-bond acceptors (Lipinski definition) is 7. The summed E-state index contributed by atoms with van der Waals surface area (Å²) >= 11 is 6.12. The molecule has 0 aliphatic carbocycles. The average molecular weight is 688 g/mol. The fourth-order valence-corrected chi connectivity index (χ4v) is 13.3. The molecule has 3 aliphatic heterocycles. The fourth-order valence-electron chi connectivity index (χ4n) is 8.56. The zero-order valence-corrected chi connectivity index (χ0v) is 30.2. The highest BCUT2D eigenvalue weighted by atomic mass is 35.5. The number of ether oxygens (including phenoxy) is 1. The van der Waals surface area contributed by atoms with Gasteiger partial charge in [0, 0.05) is 25.3 Å². The topological polar surface area (TPSA) is 63.6 Å². The summed E-state index contributed by atoms with van der Waals surface area (Å²) in [5, 5.41) is 2.91. The normalized spacial score (nSPS) is 22.2. The number of anilines is 1. The van der Waals surface area contributed by atoms with Crippen LogP contribution in [-0.2, 0) is 4.43 Å². The van der Waals surface area contributed by atoms with Crippen LogP contribution in [0.25, 0.3) is 10.9 Å². The Bertz CT molecular complexity index is 1680. The van der Waals surface area contributed by atoms with Crippen molar-refractivity contribution in [2.24, 2.45) is 0 Å². The number of hydrogen-bond donors (Lipinski definition) is 0. The molecule has 2 aromatic carbocycles. The van der Waals surface area contributed by atoms with Gasteiger partial charge in [-0.3, -0.25) is 4.90 Å². The van der Waals surface area contributed by atoms with Crippen LogP contribution in [-0.4, -0.2) is 72.6 Å². The summed E-state index contributed by atoms with van der Waals surface area (Å²) in [6.45, 7) is 10.8. The molecule has 3 aliphatic rings. The smallest absolute Gasteiger partial charge is 0.319 e. The number of aromatic nitrogens is 3. The van der Waals surface area contributed by atoms with Crippen molar-refractivity contribution in [3.05, 3.63) is 77.8 Å². The van der Waals surface area contributed by atoms with E-state index in [4.69, 9.17) is 25.7 Å². The van der Waals surface area contributed by atoms with Gasteiger partial charge in [0.15, 0.2) is 11.0 Å². The Balaban J connectivity index is 1.14. The first-order valence-corrected chi connectivity index (χ1v) is 19.9. The van der Waals surface area contributed by atoms with Gasteiger partial charge < -0.3 is 14.1 Å². The van der Waals surface area contributed by atoms with E-state index in [0.717, 1.165) is 58.2 Å². The summed E-state index contributed by atoms with van der Waals surface area (Å²) in [4.78, 5) is 18.4. The van der Waals surface area contributed by atoms with Crippen LogP contribution in [0.15, 0.2) is 66.9 Å². The monoisotopic (exact) mass is 687 g/mol. The van der Waals surface area contributed by atoms with Crippen LogP contribution in [0, 0.1) is 5.82 Å². The molecule has 0 spiro atoms. The quantitative estimate of drug-likeness (QED) is 0.137. The largest absolute Gasteiger partial charge is 0.461 e. The molecule has 2 aromatic heterocycles. The number of benzene rings is 2. The second kappa shape index (κ2) is 13.7. The number of fused-ring (bicyclic) bond motifs is 2. The number of halogens is 2. The van der Waals surface area contributed by atoms with Crippen LogP contribution in [0.5, 0.6) is 6.01 Å². The van der Waals surface area contributed by atoms with Crippen LogP contribution in [0.4, 0.5) is 10.2 Å². The second-order valence-electron chi connectivity index (χ2n) is 14.8. The lowest BCUT2D eigenvalue weighted by Crippen LogP contribution is -2.67. The summed E-state index contributed by atoms with van der Waals surface area (Å²) in [5.41, 5.74) is 0.0395. The van der Waals surface area contributed by atoms with Gasteiger partial charge in [-0.05, 0) is 60.5 Å². The zero-order chi connectivity index (χ0) is 33.4. The van der Waals surface area contributed by atoms with Gasteiger partial charge in [-0.15, -0.1) is 0 Å². The summed E-state index contributed by atoms with van der Waals surface area (Å²) in [6, 6.07) is 22.2. The number of pyridine rings is 1. The van der Waals surface area contributed by atoms with Crippen LogP contribution in [0.3, 0.4) is 0 Å². The van der Waals surface area contributed by atoms with E-state index in [2.05, 4.69) is 101 Å². The van der Waals surface area contributed by atoms with Gasteiger partial charge in [0.1, 0.15) is 17.9 Å². The molecule has 3 fully saturated rings. The predicted molar refractivity (Wildman–Crippen MR) is 194 cm³/mol. The van der Waals surface area contributed by atoms with Crippen molar-refractivity contribution in [3.63, 3.8) is 0 Å². The van der Waals surface area contributed by atoms with Crippen LogP contribution in [0.2, 0.25) is 10.2 Å². The summed E-state index contributed by atoms with van der Waals surface area (Å²) < 4.78 is 29.2. The molecule has 5 heterocycles. The molecular formula is C38H47ClFN5O2Si. The predicted octanol–water partition coefficient (Wildman–Crippen LogP) is 7.15. The first kappa shape index (κ1) is 33.4. The summed E-state index contributed by atoms with van der Waals surface area (Å²) in [5.74, 6) is 0.0586. The third-order valence-corrected chi connectivity index (χ3v) is 16.2. The van der Waals surface area contributed by atoms with Crippen molar-refractivity contribution in [1.29, 1.82) is 0 Å². The molecule has 0 bridgehead atoms. The third-order valence-electron chi connectivity index (χ3n) is 10.9. The van der Waals surface area contributed by atoms with Gasteiger partial charge in [-0.1, -0.05) is 106 Å². The van der Waals surface area contributed by atoms with Gasteiger partial charge in [-0.25, -0.2) is 9.37 Å². The van der Waals surface area contributed by atoms with Gasteiger partial charge in [0.2, 0.25) is 0 Å².